The number of thiocarbonyl (C=S) groups is 1. The topological polar surface area (TPSA) is 141 Å². The van der Waals surface area contributed by atoms with Crippen molar-refractivity contribution < 1.29 is 24.2 Å². The molecule has 2 aliphatic rings. The van der Waals surface area contributed by atoms with Crippen LogP contribution in [0, 0.1) is 0 Å². The number of likely N-dealkylation sites (N-methyl/N-ethyl adjacent to an activating group) is 1. The van der Waals surface area contributed by atoms with Crippen molar-refractivity contribution in [1.82, 2.24) is 10.6 Å². The van der Waals surface area contributed by atoms with Crippen LogP contribution in [0.2, 0.25) is 0 Å². The number of aliphatic carboxylic acids is 1. The number of carboxylic acid groups (broad SMARTS) is 1. The number of Topliss-reactive ketones (excluding diaryl/α,β-unsaturated/α-hetero) is 1. The number of nitrogens with one attached hydrogen (secondary N) is 3. The molecule has 202 valence electrons. The molecule has 0 saturated heterocycles. The molecule has 1 unspecified atom stereocenters. The van der Waals surface area contributed by atoms with Gasteiger partial charge in [-0.3, -0.25) is 14.4 Å². The van der Waals surface area contributed by atoms with Gasteiger partial charge in [0, 0.05) is 46.4 Å². The van der Waals surface area contributed by atoms with E-state index < -0.39 is 12.0 Å². The smallest absolute Gasteiger partial charge is 0.320 e. The Morgan fingerprint density at radius 3 is 2.51 bits per heavy atom. The van der Waals surface area contributed by atoms with Crippen molar-refractivity contribution in [2.75, 3.05) is 18.9 Å². The Bertz CT molecular complexity index is 1580. The quantitative estimate of drug-likeness (QED) is 0.0828. The van der Waals surface area contributed by atoms with Crippen LogP contribution in [0.1, 0.15) is 36.5 Å². The maximum atomic E-state index is 12.8. The second-order valence-electron chi connectivity index (χ2n) is 9.19. The number of carbonyl (C=O) groups excluding carboxylic acids is 1. The Balaban J connectivity index is 1.58. The van der Waals surface area contributed by atoms with Gasteiger partial charge in [0.15, 0.2) is 16.3 Å². The number of aromatic hydroxyl groups is 1. The average molecular weight is 548 g/mol. The van der Waals surface area contributed by atoms with E-state index in [4.69, 9.17) is 21.7 Å². The normalized spacial score (nSPS) is 11.8. The Morgan fingerprint density at radius 2 is 1.79 bits per heavy atom. The first-order chi connectivity index (χ1) is 18.7. The second-order valence-corrected chi connectivity index (χ2v) is 9.60. The molecule has 1 atom stereocenters. The monoisotopic (exact) mass is 547 g/mol. The molecule has 1 aliphatic carbocycles. The Kier molecular flexibility index (Phi) is 8.58. The highest BCUT2D eigenvalue weighted by Gasteiger charge is 2.21. The molecule has 2 aromatic carbocycles. The van der Waals surface area contributed by atoms with Gasteiger partial charge in [0.25, 0.3) is 0 Å². The molecule has 0 saturated carbocycles. The van der Waals surface area contributed by atoms with Gasteiger partial charge >= 0.3 is 5.97 Å². The number of anilines is 1. The van der Waals surface area contributed by atoms with E-state index in [0.717, 1.165) is 6.42 Å². The van der Waals surface area contributed by atoms with Crippen molar-refractivity contribution in [3.05, 3.63) is 70.4 Å². The molecule has 39 heavy (non-hydrogen) atoms. The van der Waals surface area contributed by atoms with Gasteiger partial charge in [-0.25, -0.2) is 0 Å². The second kappa shape index (κ2) is 12.1. The minimum Gasteiger partial charge on any atom is -0.508 e. The number of unbranched alkanes of at least 4 members (excludes halogenated alkanes) is 1. The molecule has 0 aromatic heterocycles. The van der Waals surface area contributed by atoms with E-state index in [1.54, 1.807) is 31.3 Å². The first kappa shape index (κ1) is 27.7. The standard InChI is InChI=1S/C29H29N3O6S/c1-16(33)23-13-17(32-29(39)31-12-4-3-5-24(30-2)28(36)37)6-9-20(23)27-21-10-7-18(34)14-25(21)38-26-15-19(35)8-11-22(26)27/h6-11,13-15,24,30,34H,3-5,12H2,1-2H3,(H,36,37)(H2,31,32,39). The van der Waals surface area contributed by atoms with E-state index in [-0.39, 0.29) is 17.0 Å². The van der Waals surface area contributed by atoms with Crippen molar-refractivity contribution in [3.8, 4) is 28.2 Å². The van der Waals surface area contributed by atoms with Crippen LogP contribution in [0.4, 0.5) is 5.69 Å². The number of ketones is 1. The van der Waals surface area contributed by atoms with Crippen LogP contribution in [-0.2, 0) is 4.79 Å². The first-order valence-corrected chi connectivity index (χ1v) is 12.9. The molecule has 2 aromatic rings. The third kappa shape index (κ3) is 6.42. The summed E-state index contributed by atoms with van der Waals surface area (Å²) in [7, 11) is 1.63. The molecule has 5 N–H and O–H groups in total. The van der Waals surface area contributed by atoms with Crippen molar-refractivity contribution in [2.24, 2.45) is 0 Å². The Labute approximate surface area is 230 Å². The summed E-state index contributed by atoms with van der Waals surface area (Å²) in [5, 5.41) is 29.2. The summed E-state index contributed by atoms with van der Waals surface area (Å²) in [5.41, 5.74) is 3.27. The third-order valence-electron chi connectivity index (χ3n) is 6.45. The number of hydrogen-bond acceptors (Lipinski definition) is 7. The predicted octanol–water partition coefficient (Wildman–Crippen LogP) is 4.60. The molecule has 0 spiro atoms. The number of fused-ring (bicyclic) bond motifs is 2. The fraction of sp³-hybridized carbons (Fsp3) is 0.241. The highest BCUT2D eigenvalue weighted by atomic mass is 32.1. The van der Waals surface area contributed by atoms with Crippen LogP contribution in [-0.4, -0.2) is 46.7 Å². The van der Waals surface area contributed by atoms with Crippen molar-refractivity contribution in [2.45, 2.75) is 32.2 Å². The van der Waals surface area contributed by atoms with E-state index in [0.29, 0.717) is 69.2 Å². The molecule has 10 heteroatoms. The predicted molar refractivity (Wildman–Crippen MR) is 155 cm³/mol. The molecule has 0 radical (unpaired) electrons. The van der Waals surface area contributed by atoms with Crippen LogP contribution in [0.15, 0.2) is 63.8 Å². The van der Waals surface area contributed by atoms with Gasteiger partial charge in [0.05, 0.1) is 0 Å². The Hall–Kier alpha value is -4.28. The van der Waals surface area contributed by atoms with E-state index in [1.807, 2.05) is 12.1 Å². The van der Waals surface area contributed by atoms with Crippen LogP contribution in [0.5, 0.6) is 5.75 Å². The Morgan fingerprint density at radius 1 is 1.03 bits per heavy atom. The summed E-state index contributed by atoms with van der Waals surface area (Å²) in [4.78, 5) is 35.9. The molecule has 0 amide bonds. The zero-order valence-corrected chi connectivity index (χ0v) is 22.4. The van der Waals surface area contributed by atoms with Gasteiger partial charge < -0.3 is 30.6 Å². The zero-order chi connectivity index (χ0) is 28.1. The number of phenols is 1. The van der Waals surface area contributed by atoms with E-state index in [2.05, 4.69) is 16.0 Å². The lowest BCUT2D eigenvalue weighted by Gasteiger charge is -2.18. The van der Waals surface area contributed by atoms with E-state index in [1.165, 1.54) is 25.1 Å². The molecule has 4 rings (SSSR count). The lowest BCUT2D eigenvalue weighted by atomic mass is 9.89. The van der Waals surface area contributed by atoms with Crippen molar-refractivity contribution in [3.63, 3.8) is 0 Å². The van der Waals surface area contributed by atoms with E-state index in [9.17, 15) is 19.5 Å². The molecule has 0 fully saturated rings. The van der Waals surface area contributed by atoms with Gasteiger partial charge in [-0.1, -0.05) is 6.07 Å². The summed E-state index contributed by atoms with van der Waals surface area (Å²) in [6, 6.07) is 14.0. The molecule has 0 bridgehead atoms. The SMILES string of the molecule is CNC(CCCCNC(=S)Nc1ccc(-c2c3ccc(=O)cc-3oc3cc(O)ccc23)c(C(C)=O)c1)C(=O)O. The average Bonchev–Trinajstić information content (AvgIpc) is 2.89. The first-order valence-electron chi connectivity index (χ1n) is 12.5. The highest BCUT2D eigenvalue weighted by Crippen LogP contribution is 2.42. The lowest BCUT2D eigenvalue weighted by Crippen LogP contribution is -2.34. The molecular formula is C29H29N3O6S. The van der Waals surface area contributed by atoms with Gasteiger partial charge in [0.1, 0.15) is 23.1 Å². The molecule has 9 nitrogen and oxygen atoms in total. The fourth-order valence-corrected chi connectivity index (χ4v) is 4.74. The molecule has 1 aliphatic heterocycles. The number of carboxylic acids is 1. The number of benzene rings is 3. The van der Waals surface area contributed by atoms with Crippen LogP contribution < -0.4 is 21.4 Å². The molecule has 1 heterocycles. The highest BCUT2D eigenvalue weighted by molar-refractivity contribution is 7.80. The third-order valence-corrected chi connectivity index (χ3v) is 6.70. The van der Waals surface area contributed by atoms with Crippen LogP contribution in [0.3, 0.4) is 0 Å². The van der Waals surface area contributed by atoms with E-state index >= 15 is 0 Å². The number of carbonyl (C=O) groups is 2. The fourth-order valence-electron chi connectivity index (χ4n) is 4.52. The van der Waals surface area contributed by atoms with Gasteiger partial charge in [-0.2, -0.15) is 0 Å². The molecular weight excluding hydrogens is 518 g/mol. The van der Waals surface area contributed by atoms with Crippen LogP contribution in [0.25, 0.3) is 33.4 Å². The number of rotatable bonds is 10. The van der Waals surface area contributed by atoms with Gasteiger partial charge in [-0.15, -0.1) is 0 Å². The maximum Gasteiger partial charge on any atom is 0.320 e. The van der Waals surface area contributed by atoms with Gasteiger partial charge in [-0.05, 0) is 87.4 Å². The van der Waals surface area contributed by atoms with Gasteiger partial charge in [0.2, 0.25) is 0 Å². The lowest BCUT2D eigenvalue weighted by molar-refractivity contribution is -0.139. The van der Waals surface area contributed by atoms with Crippen molar-refractivity contribution in [1.29, 1.82) is 0 Å². The minimum atomic E-state index is -0.869. The van der Waals surface area contributed by atoms with Crippen molar-refractivity contribution >= 4 is 45.7 Å². The summed E-state index contributed by atoms with van der Waals surface area (Å²) in [6.45, 7) is 2.05. The summed E-state index contributed by atoms with van der Waals surface area (Å²) < 4.78 is 5.92. The summed E-state index contributed by atoms with van der Waals surface area (Å²) in [6.07, 6.45) is 1.97. The largest absolute Gasteiger partial charge is 0.508 e. The van der Waals surface area contributed by atoms with Crippen LogP contribution >= 0.6 is 12.2 Å². The summed E-state index contributed by atoms with van der Waals surface area (Å²) in [5.74, 6) is -0.661. The maximum absolute atomic E-state index is 12.8. The zero-order valence-electron chi connectivity index (χ0n) is 21.5. The number of phenolic OH excluding ortho intramolecular Hbond substituents is 1. The summed E-state index contributed by atoms with van der Waals surface area (Å²) >= 11 is 5.41. The number of hydrogen-bond donors (Lipinski definition) is 5. The minimum absolute atomic E-state index is 0.0194.